The van der Waals surface area contributed by atoms with E-state index in [4.69, 9.17) is 0 Å². The van der Waals surface area contributed by atoms with Gasteiger partial charge in [0.2, 0.25) is 0 Å². The Morgan fingerprint density at radius 1 is 1.26 bits per heavy atom. The van der Waals surface area contributed by atoms with Crippen LogP contribution in [0, 0.1) is 0 Å². The molecule has 0 aromatic heterocycles. The topological polar surface area (TPSA) is 46.2 Å². The van der Waals surface area contributed by atoms with Gasteiger partial charge in [-0.3, -0.25) is 0 Å². The van der Waals surface area contributed by atoms with Gasteiger partial charge in [0.15, 0.2) is 9.84 Å². The molecule has 0 saturated carbocycles. The summed E-state index contributed by atoms with van der Waals surface area (Å²) in [5.74, 6) is -0.292. The SMILES string of the molecule is O=S(=O)(CC1CCCN1)c1ccccc1C(F)(F)F. The Labute approximate surface area is 109 Å². The number of benzene rings is 1. The summed E-state index contributed by atoms with van der Waals surface area (Å²) < 4.78 is 62.7. The lowest BCUT2D eigenvalue weighted by Gasteiger charge is -2.15. The van der Waals surface area contributed by atoms with Crippen LogP contribution in [0.4, 0.5) is 13.2 Å². The Hall–Kier alpha value is -1.08. The highest BCUT2D eigenvalue weighted by Crippen LogP contribution is 2.34. The van der Waals surface area contributed by atoms with Crippen molar-refractivity contribution in [3.63, 3.8) is 0 Å². The van der Waals surface area contributed by atoms with Crippen LogP contribution in [-0.2, 0) is 16.0 Å². The van der Waals surface area contributed by atoms with Gasteiger partial charge in [0.25, 0.3) is 0 Å². The summed E-state index contributed by atoms with van der Waals surface area (Å²) in [4.78, 5) is -0.629. The van der Waals surface area contributed by atoms with Gasteiger partial charge in [-0.15, -0.1) is 0 Å². The van der Waals surface area contributed by atoms with E-state index in [2.05, 4.69) is 5.32 Å². The van der Waals surface area contributed by atoms with Crippen LogP contribution in [0.2, 0.25) is 0 Å². The maximum atomic E-state index is 12.8. The molecule has 1 heterocycles. The first-order valence-corrected chi connectivity index (χ1v) is 7.58. The summed E-state index contributed by atoms with van der Waals surface area (Å²) in [5, 5.41) is 2.98. The molecule has 1 atom stereocenters. The minimum atomic E-state index is -4.66. The van der Waals surface area contributed by atoms with E-state index >= 15 is 0 Å². The van der Waals surface area contributed by atoms with Gasteiger partial charge in [0.05, 0.1) is 16.2 Å². The van der Waals surface area contributed by atoms with Crippen LogP contribution in [0.15, 0.2) is 29.2 Å². The van der Waals surface area contributed by atoms with Crippen molar-refractivity contribution in [2.45, 2.75) is 30.0 Å². The van der Waals surface area contributed by atoms with Crippen molar-refractivity contribution >= 4 is 9.84 Å². The van der Waals surface area contributed by atoms with E-state index in [1.165, 1.54) is 12.1 Å². The second-order valence-corrected chi connectivity index (χ2v) is 6.57. The monoisotopic (exact) mass is 293 g/mol. The zero-order valence-electron chi connectivity index (χ0n) is 10.1. The average Bonchev–Trinajstić information content (AvgIpc) is 2.80. The van der Waals surface area contributed by atoms with Gasteiger partial charge in [-0.25, -0.2) is 8.42 Å². The average molecular weight is 293 g/mol. The summed E-state index contributed by atoms with van der Waals surface area (Å²) in [6, 6.07) is 4.06. The number of halogens is 3. The fraction of sp³-hybridized carbons (Fsp3) is 0.500. The van der Waals surface area contributed by atoms with E-state index in [0.717, 1.165) is 18.6 Å². The third kappa shape index (κ3) is 3.27. The van der Waals surface area contributed by atoms with Crippen molar-refractivity contribution in [1.29, 1.82) is 0 Å². The molecule has 0 amide bonds. The van der Waals surface area contributed by atoms with Gasteiger partial charge in [0.1, 0.15) is 0 Å². The molecular formula is C12H14F3NO2S. The number of hydrogen-bond acceptors (Lipinski definition) is 3. The molecule has 0 aliphatic carbocycles. The van der Waals surface area contributed by atoms with Gasteiger partial charge >= 0.3 is 6.18 Å². The minimum Gasteiger partial charge on any atom is -0.313 e. The lowest BCUT2D eigenvalue weighted by atomic mass is 10.2. The standard InChI is InChI=1S/C12H14F3NO2S/c13-12(14,15)10-5-1-2-6-11(10)19(17,18)8-9-4-3-7-16-9/h1-2,5-6,9,16H,3-4,7-8H2. The van der Waals surface area contributed by atoms with Crippen molar-refractivity contribution in [2.24, 2.45) is 0 Å². The van der Waals surface area contributed by atoms with Crippen LogP contribution in [0.1, 0.15) is 18.4 Å². The zero-order valence-corrected chi connectivity index (χ0v) is 10.9. The van der Waals surface area contributed by atoms with E-state index < -0.39 is 26.5 Å². The summed E-state index contributed by atoms with van der Waals surface area (Å²) in [7, 11) is -3.94. The molecular weight excluding hydrogens is 279 g/mol. The van der Waals surface area contributed by atoms with Crippen molar-refractivity contribution < 1.29 is 21.6 Å². The van der Waals surface area contributed by atoms with Crippen molar-refractivity contribution in [1.82, 2.24) is 5.32 Å². The highest BCUT2D eigenvalue weighted by Gasteiger charge is 2.37. The molecule has 0 radical (unpaired) electrons. The van der Waals surface area contributed by atoms with Gasteiger partial charge in [-0.1, -0.05) is 12.1 Å². The third-order valence-corrected chi connectivity index (χ3v) is 4.98. The molecule has 7 heteroatoms. The smallest absolute Gasteiger partial charge is 0.313 e. The number of alkyl halides is 3. The number of rotatable bonds is 3. The maximum Gasteiger partial charge on any atom is 0.417 e. The van der Waals surface area contributed by atoms with Crippen LogP contribution >= 0.6 is 0 Å². The van der Waals surface area contributed by atoms with E-state index in [9.17, 15) is 21.6 Å². The number of nitrogens with one attached hydrogen (secondary N) is 1. The largest absolute Gasteiger partial charge is 0.417 e. The molecule has 106 valence electrons. The Balaban J connectivity index is 2.35. The van der Waals surface area contributed by atoms with Crippen LogP contribution in [0.5, 0.6) is 0 Å². The van der Waals surface area contributed by atoms with Crippen molar-refractivity contribution in [2.75, 3.05) is 12.3 Å². The zero-order chi connectivity index (χ0) is 14.1. The molecule has 0 bridgehead atoms. The Bertz CT molecular complexity index is 548. The van der Waals surface area contributed by atoms with Crippen LogP contribution < -0.4 is 5.32 Å². The fourth-order valence-electron chi connectivity index (χ4n) is 2.23. The first-order chi connectivity index (χ1) is 8.81. The Kier molecular flexibility index (Phi) is 3.87. The fourth-order valence-corrected chi connectivity index (χ4v) is 4.02. The summed E-state index contributed by atoms with van der Waals surface area (Å²) in [6.45, 7) is 0.709. The highest BCUT2D eigenvalue weighted by atomic mass is 32.2. The molecule has 1 aromatic rings. The Morgan fingerprint density at radius 2 is 1.95 bits per heavy atom. The minimum absolute atomic E-state index is 0.258. The van der Waals surface area contributed by atoms with Gasteiger partial charge in [-0.05, 0) is 31.5 Å². The van der Waals surface area contributed by atoms with E-state index in [-0.39, 0.29) is 11.8 Å². The van der Waals surface area contributed by atoms with E-state index in [1.54, 1.807) is 0 Å². The molecule has 1 unspecified atom stereocenters. The number of sulfone groups is 1. The molecule has 3 nitrogen and oxygen atoms in total. The van der Waals surface area contributed by atoms with Gasteiger partial charge in [0, 0.05) is 6.04 Å². The second kappa shape index (κ2) is 5.13. The normalized spacial score (nSPS) is 20.7. The molecule has 0 spiro atoms. The Morgan fingerprint density at radius 3 is 2.53 bits per heavy atom. The molecule has 1 fully saturated rings. The van der Waals surface area contributed by atoms with Crippen LogP contribution in [0.3, 0.4) is 0 Å². The summed E-state index contributed by atoms with van der Waals surface area (Å²) in [6.07, 6.45) is -3.14. The molecule has 2 rings (SSSR count). The van der Waals surface area contributed by atoms with Crippen molar-refractivity contribution in [3.8, 4) is 0 Å². The predicted octanol–water partition coefficient (Wildman–Crippen LogP) is 2.23. The summed E-state index contributed by atoms with van der Waals surface area (Å²) >= 11 is 0. The molecule has 19 heavy (non-hydrogen) atoms. The van der Waals surface area contributed by atoms with E-state index in [1.807, 2.05) is 0 Å². The summed E-state index contributed by atoms with van der Waals surface area (Å²) in [5.41, 5.74) is -1.09. The lowest BCUT2D eigenvalue weighted by Crippen LogP contribution is -2.30. The quantitative estimate of drug-likeness (QED) is 0.929. The molecule has 1 aliphatic rings. The molecule has 1 aromatic carbocycles. The van der Waals surface area contributed by atoms with Crippen LogP contribution in [0.25, 0.3) is 0 Å². The predicted molar refractivity (Wildman–Crippen MR) is 64.5 cm³/mol. The first-order valence-electron chi connectivity index (χ1n) is 5.93. The highest BCUT2D eigenvalue weighted by molar-refractivity contribution is 7.91. The molecule has 1 saturated heterocycles. The van der Waals surface area contributed by atoms with Crippen LogP contribution in [-0.4, -0.2) is 26.8 Å². The lowest BCUT2D eigenvalue weighted by molar-refractivity contribution is -0.139. The second-order valence-electron chi connectivity index (χ2n) is 4.57. The maximum absolute atomic E-state index is 12.8. The third-order valence-electron chi connectivity index (χ3n) is 3.11. The van der Waals surface area contributed by atoms with E-state index in [0.29, 0.717) is 13.0 Å². The van der Waals surface area contributed by atoms with Gasteiger partial charge in [-0.2, -0.15) is 13.2 Å². The first kappa shape index (κ1) is 14.3. The molecule has 1 aliphatic heterocycles. The van der Waals surface area contributed by atoms with Gasteiger partial charge < -0.3 is 5.32 Å². The van der Waals surface area contributed by atoms with Crippen molar-refractivity contribution in [3.05, 3.63) is 29.8 Å². The molecule has 1 N–H and O–H groups in total. The number of hydrogen-bond donors (Lipinski definition) is 1.